The highest BCUT2D eigenvalue weighted by molar-refractivity contribution is 6.12. The number of benzene rings is 3. The maximum absolute atomic E-state index is 13.3. The van der Waals surface area contributed by atoms with Crippen LogP contribution in [0.25, 0.3) is 0 Å². The Kier molecular flexibility index (Phi) is 4.08. The molecule has 27 heavy (non-hydrogen) atoms. The molecule has 1 atom stereocenters. The molecular formula is C21H17N3O3. The molecule has 1 N–H and O–H groups in total. The van der Waals surface area contributed by atoms with Crippen LogP contribution in [0.5, 0.6) is 0 Å². The number of para-hydroxylation sites is 2. The van der Waals surface area contributed by atoms with Gasteiger partial charge in [0.1, 0.15) is 6.17 Å². The lowest BCUT2D eigenvalue weighted by Crippen LogP contribution is -2.43. The van der Waals surface area contributed by atoms with Gasteiger partial charge in [0.2, 0.25) is 0 Å². The topological polar surface area (TPSA) is 75.5 Å². The van der Waals surface area contributed by atoms with Gasteiger partial charge in [0.15, 0.2) is 0 Å². The van der Waals surface area contributed by atoms with Gasteiger partial charge in [-0.2, -0.15) is 0 Å². The Morgan fingerprint density at radius 3 is 2.52 bits per heavy atom. The second-order valence-electron chi connectivity index (χ2n) is 6.42. The third kappa shape index (κ3) is 2.91. The monoisotopic (exact) mass is 359 g/mol. The Morgan fingerprint density at radius 2 is 1.74 bits per heavy atom. The van der Waals surface area contributed by atoms with Crippen LogP contribution < -0.4 is 10.2 Å². The van der Waals surface area contributed by atoms with Crippen molar-refractivity contribution in [1.29, 1.82) is 0 Å². The minimum atomic E-state index is -0.684. The van der Waals surface area contributed by atoms with Crippen molar-refractivity contribution in [3.8, 4) is 0 Å². The van der Waals surface area contributed by atoms with E-state index in [1.807, 2.05) is 43.3 Å². The van der Waals surface area contributed by atoms with E-state index in [0.717, 1.165) is 5.56 Å². The average molecular weight is 359 g/mol. The summed E-state index contributed by atoms with van der Waals surface area (Å²) < 4.78 is 0. The van der Waals surface area contributed by atoms with Crippen LogP contribution in [0, 0.1) is 17.0 Å². The molecule has 1 aliphatic rings. The predicted octanol–water partition coefficient (Wildman–Crippen LogP) is 4.67. The van der Waals surface area contributed by atoms with Gasteiger partial charge in [-0.3, -0.25) is 19.8 Å². The molecule has 1 amide bonds. The van der Waals surface area contributed by atoms with E-state index in [1.54, 1.807) is 35.2 Å². The molecule has 134 valence electrons. The number of hydrogen-bond donors (Lipinski definition) is 1. The molecule has 6 heteroatoms. The van der Waals surface area contributed by atoms with Gasteiger partial charge in [0, 0.05) is 17.4 Å². The Morgan fingerprint density at radius 1 is 1.00 bits per heavy atom. The normalized spacial score (nSPS) is 15.8. The van der Waals surface area contributed by atoms with Crippen molar-refractivity contribution < 1.29 is 9.72 Å². The number of nitrogens with zero attached hydrogens (tertiary/aromatic N) is 2. The first-order valence-electron chi connectivity index (χ1n) is 8.55. The summed E-state index contributed by atoms with van der Waals surface area (Å²) >= 11 is 0. The summed E-state index contributed by atoms with van der Waals surface area (Å²) in [5, 5.41) is 14.9. The molecule has 0 aliphatic carbocycles. The van der Waals surface area contributed by atoms with Crippen molar-refractivity contribution in [2.45, 2.75) is 13.1 Å². The molecule has 3 aromatic carbocycles. The van der Waals surface area contributed by atoms with E-state index >= 15 is 0 Å². The molecule has 0 spiro atoms. The molecular weight excluding hydrogens is 342 g/mol. The highest BCUT2D eigenvalue weighted by Gasteiger charge is 2.37. The second-order valence-corrected chi connectivity index (χ2v) is 6.42. The SMILES string of the molecule is Cc1cccc(N2C(=O)c3ccccc3N[C@H]2c2ccccc2[N+](=O)[O-])c1. The van der Waals surface area contributed by atoms with Gasteiger partial charge < -0.3 is 5.32 Å². The number of carbonyl (C=O) groups is 1. The number of fused-ring (bicyclic) bond motifs is 1. The van der Waals surface area contributed by atoms with Crippen molar-refractivity contribution in [3.63, 3.8) is 0 Å². The number of nitro benzene ring substituents is 1. The lowest BCUT2D eigenvalue weighted by Gasteiger charge is -2.38. The first kappa shape index (κ1) is 16.8. The summed E-state index contributed by atoms with van der Waals surface area (Å²) in [6, 6.07) is 21.2. The van der Waals surface area contributed by atoms with Crippen LogP contribution in [0.4, 0.5) is 17.1 Å². The van der Waals surface area contributed by atoms with Crippen molar-refractivity contribution in [2.24, 2.45) is 0 Å². The van der Waals surface area contributed by atoms with E-state index < -0.39 is 11.1 Å². The van der Waals surface area contributed by atoms with Gasteiger partial charge in [-0.05, 0) is 42.8 Å². The summed E-state index contributed by atoms with van der Waals surface area (Å²) in [6.07, 6.45) is -0.684. The zero-order valence-corrected chi connectivity index (χ0v) is 14.6. The second kappa shape index (κ2) is 6.57. The van der Waals surface area contributed by atoms with Gasteiger partial charge in [-0.1, -0.05) is 36.4 Å². The van der Waals surface area contributed by atoms with Crippen LogP contribution in [0.15, 0.2) is 72.8 Å². The maximum atomic E-state index is 13.3. The highest BCUT2D eigenvalue weighted by atomic mass is 16.6. The fourth-order valence-corrected chi connectivity index (χ4v) is 3.40. The van der Waals surface area contributed by atoms with Gasteiger partial charge in [-0.25, -0.2) is 0 Å². The van der Waals surface area contributed by atoms with Crippen LogP contribution >= 0.6 is 0 Å². The molecule has 1 heterocycles. The quantitative estimate of drug-likeness (QED) is 0.544. The fraction of sp³-hybridized carbons (Fsp3) is 0.0952. The summed E-state index contributed by atoms with van der Waals surface area (Å²) in [5.74, 6) is -0.196. The summed E-state index contributed by atoms with van der Waals surface area (Å²) in [7, 11) is 0. The predicted molar refractivity (Wildman–Crippen MR) is 104 cm³/mol. The maximum Gasteiger partial charge on any atom is 0.276 e. The number of nitro groups is 1. The van der Waals surface area contributed by atoms with Crippen LogP contribution in [0.2, 0.25) is 0 Å². The number of nitrogens with one attached hydrogen (secondary N) is 1. The average Bonchev–Trinajstić information content (AvgIpc) is 2.68. The number of anilines is 2. The molecule has 0 saturated carbocycles. The van der Waals surface area contributed by atoms with E-state index in [9.17, 15) is 14.9 Å². The van der Waals surface area contributed by atoms with Gasteiger partial charge in [0.05, 0.1) is 16.1 Å². The summed E-state index contributed by atoms with van der Waals surface area (Å²) in [6.45, 7) is 1.94. The van der Waals surface area contributed by atoms with Crippen molar-refractivity contribution in [3.05, 3.63) is 99.6 Å². The Bertz CT molecular complexity index is 1050. The van der Waals surface area contributed by atoms with Gasteiger partial charge in [-0.15, -0.1) is 0 Å². The number of carbonyl (C=O) groups excluding carboxylic acids is 1. The van der Waals surface area contributed by atoms with Crippen LogP contribution in [-0.2, 0) is 0 Å². The van der Waals surface area contributed by atoms with Crippen molar-refractivity contribution >= 4 is 23.0 Å². The molecule has 0 bridgehead atoms. The molecule has 0 unspecified atom stereocenters. The zero-order chi connectivity index (χ0) is 19.0. The first-order valence-corrected chi connectivity index (χ1v) is 8.55. The Labute approximate surface area is 156 Å². The molecule has 0 saturated heterocycles. The number of rotatable bonds is 3. The largest absolute Gasteiger partial charge is 0.360 e. The highest BCUT2D eigenvalue weighted by Crippen LogP contribution is 2.39. The number of amides is 1. The summed E-state index contributed by atoms with van der Waals surface area (Å²) in [4.78, 5) is 26.0. The van der Waals surface area contributed by atoms with Crippen LogP contribution in [0.1, 0.15) is 27.7 Å². The summed E-state index contributed by atoms with van der Waals surface area (Å²) in [5.41, 5.74) is 3.29. The first-order chi connectivity index (χ1) is 13.1. The third-order valence-electron chi connectivity index (χ3n) is 4.63. The van der Waals surface area contributed by atoms with Gasteiger partial charge in [0.25, 0.3) is 11.6 Å². The van der Waals surface area contributed by atoms with Crippen molar-refractivity contribution in [1.82, 2.24) is 0 Å². The van der Waals surface area contributed by atoms with Crippen LogP contribution in [0.3, 0.4) is 0 Å². The zero-order valence-electron chi connectivity index (χ0n) is 14.6. The smallest absolute Gasteiger partial charge is 0.276 e. The molecule has 1 aliphatic heterocycles. The molecule has 4 rings (SSSR count). The van der Waals surface area contributed by atoms with Gasteiger partial charge >= 0.3 is 0 Å². The third-order valence-corrected chi connectivity index (χ3v) is 4.63. The van der Waals surface area contributed by atoms with E-state index in [-0.39, 0.29) is 11.6 Å². The Hall–Kier alpha value is -3.67. The van der Waals surface area contributed by atoms with E-state index in [4.69, 9.17) is 0 Å². The molecule has 0 radical (unpaired) electrons. The molecule has 0 fully saturated rings. The van der Waals surface area contributed by atoms with E-state index in [0.29, 0.717) is 22.5 Å². The molecule has 0 aromatic heterocycles. The van der Waals surface area contributed by atoms with Crippen molar-refractivity contribution in [2.75, 3.05) is 10.2 Å². The molecule has 3 aromatic rings. The van der Waals surface area contributed by atoms with Crippen LogP contribution in [-0.4, -0.2) is 10.8 Å². The molecule has 6 nitrogen and oxygen atoms in total. The lowest BCUT2D eigenvalue weighted by atomic mass is 10.0. The fourth-order valence-electron chi connectivity index (χ4n) is 3.40. The number of aryl methyl sites for hydroxylation is 1. The lowest BCUT2D eigenvalue weighted by molar-refractivity contribution is -0.385. The minimum Gasteiger partial charge on any atom is -0.360 e. The van der Waals surface area contributed by atoms with E-state index in [1.165, 1.54) is 6.07 Å². The minimum absolute atomic E-state index is 0.0279. The Balaban J connectivity index is 1.93. The number of hydrogen-bond acceptors (Lipinski definition) is 4. The standard InChI is InChI=1S/C21H17N3O3/c1-14-7-6-8-15(13-14)23-20(17-10-3-5-12-19(17)24(26)27)22-18-11-4-2-9-16(18)21(23)25/h2-13,20,22H,1H3/t20-/m1/s1. The van der Waals surface area contributed by atoms with E-state index in [2.05, 4.69) is 5.32 Å².